The van der Waals surface area contributed by atoms with E-state index in [2.05, 4.69) is 25.3 Å². The van der Waals surface area contributed by atoms with Crippen LogP contribution in [-0.2, 0) is 6.54 Å². The van der Waals surface area contributed by atoms with Gasteiger partial charge in [0.1, 0.15) is 0 Å². The van der Waals surface area contributed by atoms with Gasteiger partial charge in [-0.15, -0.1) is 0 Å². The number of rotatable bonds is 3. The fourth-order valence-corrected chi connectivity index (χ4v) is 1.85. The Labute approximate surface area is 119 Å². The van der Waals surface area contributed by atoms with Crippen LogP contribution in [0.25, 0.3) is 11.2 Å². The van der Waals surface area contributed by atoms with Gasteiger partial charge in [-0.3, -0.25) is 9.78 Å². The first-order valence-electron chi connectivity index (χ1n) is 6.22. The predicted molar refractivity (Wildman–Crippen MR) is 80.5 cm³/mol. The van der Waals surface area contributed by atoms with Crippen LogP contribution in [-0.4, -0.2) is 19.9 Å². The van der Waals surface area contributed by atoms with Crippen LogP contribution < -0.4 is 22.3 Å². The fraction of sp³-hybridized carbons (Fsp3) is 0.0769. The topological polar surface area (TPSA) is 136 Å². The van der Waals surface area contributed by atoms with Crippen LogP contribution in [0.3, 0.4) is 0 Å². The molecule has 1 aromatic carbocycles. The molecular weight excluding hydrogens is 270 g/mol. The Balaban J connectivity index is 1.84. The number of hydrogen-bond donors (Lipinski definition) is 4. The standard InChI is InChI=1S/C13H13N7O/c14-7-1-3-8(4-2-7)16-5-9-6-17-11-10(18-9)12(21)20-13(15)19-11/h1-4,6,16H,5,14H2,(H3,15,17,19,20,21). The quantitative estimate of drug-likeness (QED) is 0.513. The van der Waals surface area contributed by atoms with Gasteiger partial charge in [0.15, 0.2) is 11.2 Å². The third kappa shape index (κ3) is 2.73. The number of nitrogen functional groups attached to an aromatic ring is 2. The highest BCUT2D eigenvalue weighted by atomic mass is 16.1. The summed E-state index contributed by atoms with van der Waals surface area (Å²) >= 11 is 0. The van der Waals surface area contributed by atoms with Crippen molar-refractivity contribution < 1.29 is 0 Å². The molecule has 106 valence electrons. The van der Waals surface area contributed by atoms with Crippen molar-refractivity contribution in [3.8, 4) is 0 Å². The van der Waals surface area contributed by atoms with Crippen LogP contribution in [0, 0.1) is 0 Å². The van der Waals surface area contributed by atoms with Crippen molar-refractivity contribution in [2.45, 2.75) is 6.54 Å². The van der Waals surface area contributed by atoms with Crippen molar-refractivity contribution in [2.24, 2.45) is 0 Å². The molecule has 0 saturated carbocycles. The van der Waals surface area contributed by atoms with E-state index in [-0.39, 0.29) is 17.1 Å². The molecular formula is C13H13N7O. The number of fused-ring (bicyclic) bond motifs is 1. The van der Waals surface area contributed by atoms with Crippen molar-refractivity contribution in [3.63, 3.8) is 0 Å². The van der Waals surface area contributed by atoms with E-state index in [0.717, 1.165) is 5.69 Å². The molecule has 3 aromatic rings. The Hall–Kier alpha value is -3.16. The van der Waals surface area contributed by atoms with Gasteiger partial charge in [-0.1, -0.05) is 0 Å². The summed E-state index contributed by atoms with van der Waals surface area (Å²) in [6.07, 6.45) is 1.55. The number of nitrogens with two attached hydrogens (primary N) is 2. The smallest absolute Gasteiger partial charge is 0.280 e. The Kier molecular flexibility index (Phi) is 3.11. The predicted octanol–water partition coefficient (Wildman–Crippen LogP) is 0.490. The van der Waals surface area contributed by atoms with E-state index in [9.17, 15) is 4.79 Å². The second kappa shape index (κ2) is 5.08. The highest BCUT2D eigenvalue weighted by Gasteiger charge is 2.06. The summed E-state index contributed by atoms with van der Waals surface area (Å²) in [6.45, 7) is 0.427. The SMILES string of the molecule is Nc1ccc(NCc2cnc3nc(N)[nH]c(=O)c3n2)cc1. The van der Waals surface area contributed by atoms with Gasteiger partial charge in [0.2, 0.25) is 5.95 Å². The van der Waals surface area contributed by atoms with Crippen molar-refractivity contribution >= 4 is 28.5 Å². The summed E-state index contributed by atoms with van der Waals surface area (Å²) in [5.41, 5.74) is 13.3. The number of aromatic amines is 1. The molecule has 8 nitrogen and oxygen atoms in total. The summed E-state index contributed by atoms with van der Waals surface area (Å²) in [5, 5.41) is 3.17. The lowest BCUT2D eigenvalue weighted by molar-refractivity contribution is 1.02. The van der Waals surface area contributed by atoms with Crippen molar-refractivity contribution in [1.29, 1.82) is 0 Å². The number of H-pyrrole nitrogens is 1. The lowest BCUT2D eigenvalue weighted by atomic mass is 10.3. The van der Waals surface area contributed by atoms with E-state index < -0.39 is 5.56 Å². The molecule has 2 heterocycles. The average molecular weight is 283 g/mol. The minimum atomic E-state index is -0.403. The number of benzene rings is 1. The molecule has 0 aliphatic carbocycles. The molecule has 0 aliphatic heterocycles. The number of hydrogen-bond acceptors (Lipinski definition) is 7. The maximum atomic E-state index is 11.8. The van der Waals surface area contributed by atoms with Gasteiger partial charge < -0.3 is 16.8 Å². The van der Waals surface area contributed by atoms with Gasteiger partial charge in [-0.05, 0) is 24.3 Å². The van der Waals surface area contributed by atoms with E-state index in [1.54, 1.807) is 18.3 Å². The van der Waals surface area contributed by atoms with Crippen LogP contribution in [0.4, 0.5) is 17.3 Å². The van der Waals surface area contributed by atoms with E-state index in [1.165, 1.54) is 0 Å². The van der Waals surface area contributed by atoms with E-state index >= 15 is 0 Å². The second-order valence-electron chi connectivity index (χ2n) is 4.46. The molecule has 0 radical (unpaired) electrons. The largest absolute Gasteiger partial charge is 0.399 e. The van der Waals surface area contributed by atoms with Crippen molar-refractivity contribution in [1.82, 2.24) is 19.9 Å². The summed E-state index contributed by atoms with van der Waals surface area (Å²) in [5.74, 6) is 0.0227. The molecule has 21 heavy (non-hydrogen) atoms. The van der Waals surface area contributed by atoms with E-state index in [4.69, 9.17) is 11.5 Å². The molecule has 0 amide bonds. The highest BCUT2D eigenvalue weighted by molar-refractivity contribution is 5.69. The molecule has 6 N–H and O–H groups in total. The van der Waals surface area contributed by atoms with Crippen LogP contribution >= 0.6 is 0 Å². The van der Waals surface area contributed by atoms with Crippen molar-refractivity contribution in [2.75, 3.05) is 16.8 Å². The van der Waals surface area contributed by atoms with Gasteiger partial charge in [0.05, 0.1) is 18.4 Å². The number of aromatic nitrogens is 4. The average Bonchev–Trinajstić information content (AvgIpc) is 2.47. The van der Waals surface area contributed by atoms with Gasteiger partial charge in [-0.2, -0.15) is 4.98 Å². The van der Waals surface area contributed by atoms with Crippen LogP contribution in [0.15, 0.2) is 35.3 Å². The van der Waals surface area contributed by atoms with E-state index in [0.29, 0.717) is 17.9 Å². The third-order valence-electron chi connectivity index (χ3n) is 2.87. The molecule has 0 spiro atoms. The minimum Gasteiger partial charge on any atom is -0.399 e. The first kappa shape index (κ1) is 12.9. The molecule has 0 unspecified atom stereocenters. The number of nitrogens with one attached hydrogen (secondary N) is 2. The molecule has 0 saturated heterocycles. The summed E-state index contributed by atoms with van der Waals surface area (Å²) in [4.78, 5) is 26.4. The summed E-state index contributed by atoms with van der Waals surface area (Å²) in [6, 6.07) is 7.31. The zero-order valence-corrected chi connectivity index (χ0v) is 11.0. The summed E-state index contributed by atoms with van der Waals surface area (Å²) < 4.78 is 0. The van der Waals surface area contributed by atoms with Gasteiger partial charge in [0, 0.05) is 11.4 Å². The van der Waals surface area contributed by atoms with Crippen LogP contribution in [0.5, 0.6) is 0 Å². The highest BCUT2D eigenvalue weighted by Crippen LogP contribution is 2.11. The lowest BCUT2D eigenvalue weighted by Gasteiger charge is -2.06. The maximum absolute atomic E-state index is 11.8. The van der Waals surface area contributed by atoms with Gasteiger partial charge in [0.25, 0.3) is 5.56 Å². The molecule has 3 rings (SSSR count). The van der Waals surface area contributed by atoms with Gasteiger partial charge >= 0.3 is 0 Å². The Morgan fingerprint density at radius 3 is 2.67 bits per heavy atom. The Morgan fingerprint density at radius 1 is 1.14 bits per heavy atom. The third-order valence-corrected chi connectivity index (χ3v) is 2.87. The normalized spacial score (nSPS) is 10.7. The Bertz CT molecular complexity index is 841. The van der Waals surface area contributed by atoms with E-state index in [1.807, 2.05) is 12.1 Å². The zero-order chi connectivity index (χ0) is 14.8. The Morgan fingerprint density at radius 2 is 1.90 bits per heavy atom. The number of nitrogens with zero attached hydrogens (tertiary/aromatic N) is 3. The molecule has 0 atom stereocenters. The van der Waals surface area contributed by atoms with Crippen LogP contribution in [0.2, 0.25) is 0 Å². The molecule has 0 bridgehead atoms. The fourth-order valence-electron chi connectivity index (χ4n) is 1.85. The van der Waals surface area contributed by atoms with Gasteiger partial charge in [-0.25, -0.2) is 9.97 Å². The summed E-state index contributed by atoms with van der Waals surface area (Å²) in [7, 11) is 0. The molecule has 2 aromatic heterocycles. The first-order chi connectivity index (χ1) is 10.1. The minimum absolute atomic E-state index is 0.0227. The molecule has 0 fully saturated rings. The zero-order valence-electron chi connectivity index (χ0n) is 11.0. The molecule has 0 aliphatic rings. The first-order valence-corrected chi connectivity index (χ1v) is 6.22. The maximum Gasteiger partial charge on any atom is 0.280 e. The second-order valence-corrected chi connectivity index (χ2v) is 4.46. The number of anilines is 3. The van der Waals surface area contributed by atoms with Crippen molar-refractivity contribution in [3.05, 3.63) is 46.5 Å². The monoisotopic (exact) mass is 283 g/mol. The molecule has 8 heteroatoms. The van der Waals surface area contributed by atoms with Crippen LogP contribution in [0.1, 0.15) is 5.69 Å². The lowest BCUT2D eigenvalue weighted by Crippen LogP contribution is -2.15.